The Labute approximate surface area is 146 Å². The SMILES string of the molecule is CCc1ccccc1Nc1nc(N)nc(CN2CCC[C@H]2C(N)=O)n1. The lowest BCUT2D eigenvalue weighted by molar-refractivity contribution is -0.122. The van der Waals surface area contributed by atoms with E-state index in [1.807, 2.05) is 23.1 Å². The Bertz CT molecular complexity index is 764. The van der Waals surface area contributed by atoms with Crippen molar-refractivity contribution < 1.29 is 4.79 Å². The van der Waals surface area contributed by atoms with Crippen molar-refractivity contribution in [2.45, 2.75) is 38.8 Å². The van der Waals surface area contributed by atoms with Crippen molar-refractivity contribution in [3.05, 3.63) is 35.7 Å². The molecule has 0 spiro atoms. The van der Waals surface area contributed by atoms with Crippen LogP contribution in [0.3, 0.4) is 0 Å². The quantitative estimate of drug-likeness (QED) is 0.721. The maximum Gasteiger partial charge on any atom is 0.234 e. The van der Waals surface area contributed by atoms with E-state index in [9.17, 15) is 4.79 Å². The summed E-state index contributed by atoms with van der Waals surface area (Å²) in [4.78, 5) is 26.3. The topological polar surface area (TPSA) is 123 Å². The van der Waals surface area contributed by atoms with Gasteiger partial charge in [0.2, 0.25) is 17.8 Å². The smallest absolute Gasteiger partial charge is 0.234 e. The third kappa shape index (κ3) is 4.03. The third-order valence-electron chi connectivity index (χ3n) is 4.38. The summed E-state index contributed by atoms with van der Waals surface area (Å²) in [5.41, 5.74) is 13.4. The summed E-state index contributed by atoms with van der Waals surface area (Å²) in [5.74, 6) is 0.765. The number of aryl methyl sites for hydroxylation is 1. The molecule has 8 heteroatoms. The molecule has 1 aromatic carbocycles. The molecule has 1 aliphatic heterocycles. The fourth-order valence-corrected chi connectivity index (χ4v) is 3.15. The maximum absolute atomic E-state index is 11.5. The van der Waals surface area contributed by atoms with Crippen molar-refractivity contribution in [1.29, 1.82) is 0 Å². The van der Waals surface area contributed by atoms with Gasteiger partial charge in [0.25, 0.3) is 0 Å². The highest BCUT2D eigenvalue weighted by molar-refractivity contribution is 5.80. The molecule has 1 aliphatic rings. The zero-order valence-corrected chi connectivity index (χ0v) is 14.3. The largest absolute Gasteiger partial charge is 0.368 e. The van der Waals surface area contributed by atoms with E-state index in [0.29, 0.717) is 18.3 Å². The van der Waals surface area contributed by atoms with Crippen LogP contribution in [0.1, 0.15) is 31.2 Å². The number of nitrogens with one attached hydrogen (secondary N) is 1. The minimum Gasteiger partial charge on any atom is -0.368 e. The van der Waals surface area contributed by atoms with E-state index >= 15 is 0 Å². The van der Waals surface area contributed by atoms with Crippen LogP contribution in [0.2, 0.25) is 0 Å². The molecule has 5 N–H and O–H groups in total. The lowest BCUT2D eigenvalue weighted by Gasteiger charge is -2.21. The number of carbonyl (C=O) groups is 1. The summed E-state index contributed by atoms with van der Waals surface area (Å²) >= 11 is 0. The first kappa shape index (κ1) is 17.1. The van der Waals surface area contributed by atoms with Gasteiger partial charge in [0, 0.05) is 5.69 Å². The first-order chi connectivity index (χ1) is 12.1. The lowest BCUT2D eigenvalue weighted by Crippen LogP contribution is -2.40. The highest BCUT2D eigenvalue weighted by atomic mass is 16.1. The number of hydrogen-bond donors (Lipinski definition) is 3. The number of primary amides is 1. The number of nitrogen functional groups attached to an aromatic ring is 1. The van der Waals surface area contributed by atoms with Crippen LogP contribution in [0.4, 0.5) is 17.6 Å². The molecule has 1 aromatic heterocycles. The number of anilines is 3. The monoisotopic (exact) mass is 341 g/mol. The molecule has 0 aliphatic carbocycles. The third-order valence-corrected chi connectivity index (χ3v) is 4.38. The fraction of sp³-hybridized carbons (Fsp3) is 0.412. The number of nitrogens with two attached hydrogens (primary N) is 2. The molecule has 2 heterocycles. The number of nitrogens with zero attached hydrogens (tertiary/aromatic N) is 4. The summed E-state index contributed by atoms with van der Waals surface area (Å²) in [6.45, 7) is 3.30. The molecular formula is C17H23N7O. The van der Waals surface area contributed by atoms with Crippen LogP contribution >= 0.6 is 0 Å². The van der Waals surface area contributed by atoms with Crippen LogP contribution in [0, 0.1) is 0 Å². The van der Waals surface area contributed by atoms with Crippen molar-refractivity contribution in [1.82, 2.24) is 19.9 Å². The van der Waals surface area contributed by atoms with Crippen molar-refractivity contribution in [2.24, 2.45) is 5.73 Å². The van der Waals surface area contributed by atoms with Gasteiger partial charge in [-0.25, -0.2) is 0 Å². The molecule has 1 amide bonds. The second-order valence-electron chi connectivity index (χ2n) is 6.10. The van der Waals surface area contributed by atoms with E-state index in [2.05, 4.69) is 33.3 Å². The fourth-order valence-electron chi connectivity index (χ4n) is 3.15. The van der Waals surface area contributed by atoms with Gasteiger partial charge in [0.05, 0.1) is 12.6 Å². The van der Waals surface area contributed by atoms with Gasteiger partial charge in [-0.05, 0) is 37.4 Å². The number of amides is 1. The van der Waals surface area contributed by atoms with E-state index in [0.717, 1.165) is 37.1 Å². The van der Waals surface area contributed by atoms with E-state index < -0.39 is 0 Å². The van der Waals surface area contributed by atoms with Crippen molar-refractivity contribution in [3.63, 3.8) is 0 Å². The Balaban J connectivity index is 1.80. The first-order valence-electron chi connectivity index (χ1n) is 8.45. The van der Waals surface area contributed by atoms with Gasteiger partial charge in [-0.3, -0.25) is 9.69 Å². The van der Waals surface area contributed by atoms with Gasteiger partial charge in [0.1, 0.15) is 5.82 Å². The maximum atomic E-state index is 11.5. The summed E-state index contributed by atoms with van der Waals surface area (Å²) in [6, 6.07) is 7.70. The van der Waals surface area contributed by atoms with Crippen LogP contribution < -0.4 is 16.8 Å². The van der Waals surface area contributed by atoms with E-state index in [1.165, 1.54) is 0 Å². The van der Waals surface area contributed by atoms with Crippen LogP contribution in [0.15, 0.2) is 24.3 Å². The highest BCUT2D eigenvalue weighted by Gasteiger charge is 2.29. The molecule has 1 fully saturated rings. The van der Waals surface area contributed by atoms with Crippen molar-refractivity contribution in [3.8, 4) is 0 Å². The van der Waals surface area contributed by atoms with Crippen molar-refractivity contribution in [2.75, 3.05) is 17.6 Å². The summed E-state index contributed by atoms with van der Waals surface area (Å²) < 4.78 is 0. The van der Waals surface area contributed by atoms with Crippen LogP contribution in [-0.4, -0.2) is 38.3 Å². The minimum absolute atomic E-state index is 0.149. The number of rotatable bonds is 6. The molecule has 25 heavy (non-hydrogen) atoms. The van der Waals surface area contributed by atoms with Gasteiger partial charge >= 0.3 is 0 Å². The van der Waals surface area contributed by atoms with Gasteiger partial charge in [0.15, 0.2) is 0 Å². The Morgan fingerprint density at radius 1 is 1.32 bits per heavy atom. The molecule has 132 valence electrons. The molecule has 8 nitrogen and oxygen atoms in total. The number of carbonyl (C=O) groups excluding carboxylic acids is 1. The Hall–Kier alpha value is -2.74. The zero-order valence-electron chi connectivity index (χ0n) is 14.3. The molecule has 0 unspecified atom stereocenters. The number of benzene rings is 1. The predicted octanol–water partition coefficient (Wildman–Crippen LogP) is 1.21. The summed E-state index contributed by atoms with van der Waals surface area (Å²) in [5, 5.41) is 3.21. The molecule has 0 saturated carbocycles. The van der Waals surface area contributed by atoms with Crippen LogP contribution in [0.25, 0.3) is 0 Å². The number of para-hydroxylation sites is 1. The first-order valence-corrected chi connectivity index (χ1v) is 8.45. The predicted molar refractivity (Wildman–Crippen MR) is 96.0 cm³/mol. The molecule has 0 radical (unpaired) electrons. The Morgan fingerprint density at radius 2 is 2.12 bits per heavy atom. The second-order valence-corrected chi connectivity index (χ2v) is 6.10. The number of likely N-dealkylation sites (tertiary alicyclic amines) is 1. The normalized spacial score (nSPS) is 17.6. The molecular weight excluding hydrogens is 318 g/mol. The van der Waals surface area contributed by atoms with Gasteiger partial charge < -0.3 is 16.8 Å². The van der Waals surface area contributed by atoms with E-state index in [4.69, 9.17) is 11.5 Å². The van der Waals surface area contributed by atoms with Gasteiger partial charge in [-0.1, -0.05) is 25.1 Å². The van der Waals surface area contributed by atoms with E-state index in [1.54, 1.807) is 0 Å². The highest BCUT2D eigenvalue weighted by Crippen LogP contribution is 2.21. The number of hydrogen-bond acceptors (Lipinski definition) is 7. The molecule has 2 aromatic rings. The average Bonchev–Trinajstić information content (AvgIpc) is 3.03. The van der Waals surface area contributed by atoms with Gasteiger partial charge in [-0.2, -0.15) is 15.0 Å². The molecule has 1 atom stereocenters. The second kappa shape index (κ2) is 7.43. The van der Waals surface area contributed by atoms with Crippen molar-refractivity contribution >= 4 is 23.5 Å². The average molecular weight is 341 g/mol. The van der Waals surface area contributed by atoms with Crippen LogP contribution in [0.5, 0.6) is 0 Å². The summed E-state index contributed by atoms with van der Waals surface area (Å²) in [6.07, 6.45) is 2.60. The van der Waals surface area contributed by atoms with Gasteiger partial charge in [-0.15, -0.1) is 0 Å². The molecule has 1 saturated heterocycles. The molecule has 0 bridgehead atoms. The van der Waals surface area contributed by atoms with E-state index in [-0.39, 0.29) is 17.9 Å². The lowest BCUT2D eigenvalue weighted by atomic mass is 10.1. The molecule has 3 rings (SSSR count). The summed E-state index contributed by atoms with van der Waals surface area (Å²) in [7, 11) is 0. The Kier molecular flexibility index (Phi) is 5.08. The number of aromatic nitrogens is 3. The van der Waals surface area contributed by atoms with Crippen LogP contribution in [-0.2, 0) is 17.8 Å². The standard InChI is InChI=1S/C17H23N7O/c1-2-11-6-3-4-7-12(11)20-17-22-14(21-16(19)23-17)10-24-9-5-8-13(24)15(18)25/h3-4,6-7,13H,2,5,8-10H2,1H3,(H2,18,25)(H3,19,20,21,22,23)/t13-/m0/s1. The zero-order chi connectivity index (χ0) is 17.8. The Morgan fingerprint density at radius 3 is 2.88 bits per heavy atom. The minimum atomic E-state index is -0.310.